The van der Waals surface area contributed by atoms with Crippen molar-refractivity contribution < 1.29 is 19.4 Å². The highest BCUT2D eigenvalue weighted by Crippen LogP contribution is 2.25. The van der Waals surface area contributed by atoms with Crippen LogP contribution in [0, 0.1) is 0 Å². The average Bonchev–Trinajstić information content (AvgIpc) is 2.52. The smallest absolute Gasteiger partial charge is 0.163 e. The Labute approximate surface area is 134 Å². The predicted molar refractivity (Wildman–Crippen MR) is 84.9 cm³/mol. The Hall–Kier alpha value is -2.04. The first-order valence-corrected chi connectivity index (χ1v) is 7.14. The van der Waals surface area contributed by atoms with E-state index in [0.717, 1.165) is 0 Å². The van der Waals surface area contributed by atoms with Crippen LogP contribution in [0.25, 0.3) is 0 Å². The first kappa shape index (κ1) is 16.3. The minimum Gasteiger partial charge on any atom is -0.496 e. The number of ether oxygens (including phenoxy) is 2. The maximum atomic E-state index is 11.6. The number of Topliss-reactive ketones (excluding diaryl/α,β-unsaturated/α-hetero) is 1. The number of halogens is 1. The summed E-state index contributed by atoms with van der Waals surface area (Å²) in [7, 11) is 1.51. The van der Waals surface area contributed by atoms with Gasteiger partial charge in [0.1, 0.15) is 24.2 Å². The van der Waals surface area contributed by atoms with Gasteiger partial charge in [-0.15, -0.1) is 0 Å². The lowest BCUT2D eigenvalue weighted by Gasteiger charge is -2.14. The highest BCUT2D eigenvalue weighted by atomic mass is 35.5. The number of carbonyl (C=O) groups is 1. The van der Waals surface area contributed by atoms with Crippen molar-refractivity contribution in [2.45, 2.75) is 13.0 Å². The van der Waals surface area contributed by atoms with Gasteiger partial charge in [-0.05, 0) is 42.8 Å². The Morgan fingerprint density at radius 2 is 2.05 bits per heavy atom. The van der Waals surface area contributed by atoms with E-state index < -0.39 is 6.10 Å². The van der Waals surface area contributed by atoms with Gasteiger partial charge in [0, 0.05) is 5.02 Å². The number of methoxy groups -OCH3 is 1. The summed E-state index contributed by atoms with van der Waals surface area (Å²) in [6.07, 6.45) is -0.804. The lowest BCUT2D eigenvalue weighted by molar-refractivity contribution is 0.101. The van der Waals surface area contributed by atoms with Gasteiger partial charge in [0.15, 0.2) is 5.78 Å². The predicted octanol–water partition coefficient (Wildman–Crippen LogP) is 3.66. The van der Waals surface area contributed by atoms with Gasteiger partial charge >= 0.3 is 0 Å². The van der Waals surface area contributed by atoms with Gasteiger partial charge in [-0.25, -0.2) is 0 Å². The number of hydrogen-bond acceptors (Lipinski definition) is 4. The molecular weight excluding hydrogens is 304 g/mol. The van der Waals surface area contributed by atoms with Crippen molar-refractivity contribution in [1.82, 2.24) is 0 Å². The highest BCUT2D eigenvalue weighted by Gasteiger charge is 2.12. The quantitative estimate of drug-likeness (QED) is 0.825. The third-order valence-corrected chi connectivity index (χ3v) is 3.43. The van der Waals surface area contributed by atoms with Gasteiger partial charge in [-0.2, -0.15) is 0 Å². The summed E-state index contributed by atoms with van der Waals surface area (Å²) in [5.41, 5.74) is 1.12. The molecule has 1 N–H and O–H groups in total. The summed E-state index contributed by atoms with van der Waals surface area (Å²) in [4.78, 5) is 11.6. The Balaban J connectivity index is 2.08. The molecule has 1 atom stereocenters. The topological polar surface area (TPSA) is 55.8 Å². The molecule has 0 amide bonds. The number of aliphatic hydroxyl groups is 1. The van der Waals surface area contributed by atoms with Crippen molar-refractivity contribution in [2.75, 3.05) is 13.7 Å². The molecule has 0 spiro atoms. The molecule has 116 valence electrons. The van der Waals surface area contributed by atoms with Crippen LogP contribution in [0.3, 0.4) is 0 Å². The molecule has 0 bridgehead atoms. The maximum absolute atomic E-state index is 11.6. The summed E-state index contributed by atoms with van der Waals surface area (Å²) in [5.74, 6) is 0.875. The van der Waals surface area contributed by atoms with Gasteiger partial charge in [0.05, 0.1) is 12.7 Å². The van der Waals surface area contributed by atoms with E-state index in [1.165, 1.54) is 14.0 Å². The molecule has 0 aliphatic rings. The van der Waals surface area contributed by atoms with Crippen molar-refractivity contribution in [2.24, 2.45) is 0 Å². The third-order valence-electron chi connectivity index (χ3n) is 3.19. The van der Waals surface area contributed by atoms with Gasteiger partial charge in [-0.3, -0.25) is 4.79 Å². The minimum absolute atomic E-state index is 0.0595. The second-order valence-corrected chi connectivity index (χ2v) is 5.24. The second-order valence-electron chi connectivity index (χ2n) is 4.80. The molecule has 0 saturated carbocycles. The molecule has 1 unspecified atom stereocenters. The molecular formula is C17H17ClO4. The lowest BCUT2D eigenvalue weighted by atomic mass is 10.1. The van der Waals surface area contributed by atoms with E-state index in [1.807, 2.05) is 0 Å². The van der Waals surface area contributed by atoms with Crippen LogP contribution >= 0.6 is 11.6 Å². The van der Waals surface area contributed by atoms with Gasteiger partial charge in [0.2, 0.25) is 0 Å². The van der Waals surface area contributed by atoms with Crippen LogP contribution in [-0.2, 0) is 0 Å². The van der Waals surface area contributed by atoms with Crippen LogP contribution in [-0.4, -0.2) is 24.6 Å². The fourth-order valence-corrected chi connectivity index (χ4v) is 2.24. The normalized spacial score (nSPS) is 11.8. The summed E-state index contributed by atoms with van der Waals surface area (Å²) in [6, 6.07) is 11.9. The second kappa shape index (κ2) is 7.29. The molecule has 0 aliphatic carbocycles. The van der Waals surface area contributed by atoms with Gasteiger partial charge in [0.25, 0.3) is 0 Å². The molecule has 0 radical (unpaired) electrons. The van der Waals surface area contributed by atoms with E-state index in [2.05, 4.69) is 0 Å². The summed E-state index contributed by atoms with van der Waals surface area (Å²) < 4.78 is 10.7. The van der Waals surface area contributed by atoms with Crippen LogP contribution in [0.4, 0.5) is 0 Å². The molecule has 2 aromatic carbocycles. The number of aliphatic hydroxyl groups excluding tert-OH is 1. The standard InChI is InChI=1S/C17H17ClO4/c1-11(19)15-9-14(6-7-17(15)21-2)22-10-16(20)12-4-3-5-13(18)8-12/h3-9,16,20H,10H2,1-2H3. The molecule has 5 heteroatoms. The Kier molecular flexibility index (Phi) is 5.41. The van der Waals surface area contributed by atoms with Crippen molar-refractivity contribution in [3.63, 3.8) is 0 Å². The fourth-order valence-electron chi connectivity index (χ4n) is 2.04. The molecule has 22 heavy (non-hydrogen) atoms. The van der Waals surface area contributed by atoms with E-state index in [9.17, 15) is 9.90 Å². The molecule has 0 fully saturated rings. The molecule has 0 aromatic heterocycles. The Bertz CT molecular complexity index is 669. The largest absolute Gasteiger partial charge is 0.496 e. The summed E-state index contributed by atoms with van der Waals surface area (Å²) in [5, 5.41) is 10.7. The summed E-state index contributed by atoms with van der Waals surface area (Å²) >= 11 is 5.89. The average molecular weight is 321 g/mol. The van der Waals surface area contributed by atoms with Gasteiger partial charge in [-0.1, -0.05) is 23.7 Å². The van der Waals surface area contributed by atoms with Crippen molar-refractivity contribution in [3.8, 4) is 11.5 Å². The molecule has 2 rings (SSSR count). The summed E-state index contributed by atoms with van der Waals surface area (Å²) in [6.45, 7) is 1.52. The zero-order valence-corrected chi connectivity index (χ0v) is 13.1. The molecule has 4 nitrogen and oxygen atoms in total. The number of ketones is 1. The minimum atomic E-state index is -0.804. The van der Waals surface area contributed by atoms with E-state index in [-0.39, 0.29) is 12.4 Å². The highest BCUT2D eigenvalue weighted by molar-refractivity contribution is 6.30. The first-order valence-electron chi connectivity index (χ1n) is 6.76. The zero-order chi connectivity index (χ0) is 16.1. The van der Waals surface area contributed by atoms with E-state index in [1.54, 1.807) is 42.5 Å². The molecule has 0 saturated heterocycles. The Morgan fingerprint density at radius 1 is 1.27 bits per heavy atom. The lowest BCUT2D eigenvalue weighted by Crippen LogP contribution is -2.10. The SMILES string of the molecule is COc1ccc(OCC(O)c2cccc(Cl)c2)cc1C(C)=O. The van der Waals surface area contributed by atoms with E-state index in [0.29, 0.717) is 27.6 Å². The molecule has 0 aliphatic heterocycles. The fraction of sp³-hybridized carbons (Fsp3) is 0.235. The van der Waals surface area contributed by atoms with Crippen molar-refractivity contribution >= 4 is 17.4 Å². The Morgan fingerprint density at radius 3 is 2.68 bits per heavy atom. The number of hydrogen-bond donors (Lipinski definition) is 1. The van der Waals surface area contributed by atoms with Crippen molar-refractivity contribution in [1.29, 1.82) is 0 Å². The number of carbonyl (C=O) groups excluding carboxylic acids is 1. The maximum Gasteiger partial charge on any atom is 0.163 e. The van der Waals surface area contributed by atoms with Crippen LogP contribution in [0.15, 0.2) is 42.5 Å². The third kappa shape index (κ3) is 4.00. The van der Waals surface area contributed by atoms with Gasteiger partial charge < -0.3 is 14.6 Å². The number of benzene rings is 2. The first-order chi connectivity index (χ1) is 10.5. The molecule has 2 aromatic rings. The van der Waals surface area contributed by atoms with Crippen molar-refractivity contribution in [3.05, 3.63) is 58.6 Å². The van der Waals surface area contributed by atoms with Crippen LogP contribution < -0.4 is 9.47 Å². The van der Waals surface area contributed by atoms with E-state index >= 15 is 0 Å². The van der Waals surface area contributed by atoms with Crippen LogP contribution in [0.5, 0.6) is 11.5 Å². The monoisotopic (exact) mass is 320 g/mol. The van der Waals surface area contributed by atoms with E-state index in [4.69, 9.17) is 21.1 Å². The van der Waals surface area contributed by atoms with Crippen LogP contribution in [0.1, 0.15) is 28.9 Å². The van der Waals surface area contributed by atoms with Crippen LogP contribution in [0.2, 0.25) is 5.02 Å². The number of rotatable bonds is 6. The molecule has 0 heterocycles. The zero-order valence-electron chi connectivity index (χ0n) is 12.4.